The summed E-state index contributed by atoms with van der Waals surface area (Å²) >= 11 is 0. The first-order valence-electron chi connectivity index (χ1n) is 6.92. The van der Waals surface area contributed by atoms with Crippen LogP contribution in [0.15, 0.2) is 24.3 Å². The molecule has 2 unspecified atom stereocenters. The zero-order valence-electron chi connectivity index (χ0n) is 12.2. The number of nitrogens with two attached hydrogens (primary N) is 1. The molecule has 1 fully saturated rings. The molecule has 4 heteroatoms. The van der Waals surface area contributed by atoms with E-state index in [0.29, 0.717) is 0 Å². The van der Waals surface area contributed by atoms with Gasteiger partial charge in [-0.1, -0.05) is 12.1 Å². The zero-order chi connectivity index (χ0) is 13.8. The van der Waals surface area contributed by atoms with Crippen molar-refractivity contribution in [3.05, 3.63) is 29.8 Å². The number of benzene rings is 1. The number of anilines is 1. The predicted octanol–water partition coefficient (Wildman–Crippen LogP) is 1.30. The molecule has 1 saturated heterocycles. The summed E-state index contributed by atoms with van der Waals surface area (Å²) in [6.45, 7) is 5.67. The van der Waals surface area contributed by atoms with Crippen molar-refractivity contribution in [3.8, 4) is 0 Å². The molecular weight excluding hydrogens is 238 g/mol. The minimum Gasteiger partial charge on any atom is -0.378 e. The summed E-state index contributed by atoms with van der Waals surface area (Å²) in [7, 11) is 4.12. The molecule has 0 radical (unpaired) electrons. The molecule has 0 saturated carbocycles. The van der Waals surface area contributed by atoms with Gasteiger partial charge in [0.25, 0.3) is 0 Å². The molecule has 19 heavy (non-hydrogen) atoms. The number of ether oxygens (including phenoxy) is 1. The van der Waals surface area contributed by atoms with Crippen molar-refractivity contribution in [2.24, 2.45) is 5.73 Å². The van der Waals surface area contributed by atoms with E-state index in [-0.39, 0.29) is 12.1 Å². The molecule has 2 atom stereocenters. The topological polar surface area (TPSA) is 41.7 Å². The number of hydrogen-bond donors (Lipinski definition) is 1. The summed E-state index contributed by atoms with van der Waals surface area (Å²) < 4.78 is 5.68. The number of hydrogen-bond acceptors (Lipinski definition) is 4. The van der Waals surface area contributed by atoms with Crippen LogP contribution in [0.4, 0.5) is 5.69 Å². The highest BCUT2D eigenvalue weighted by atomic mass is 16.5. The molecule has 1 aliphatic heterocycles. The van der Waals surface area contributed by atoms with Crippen molar-refractivity contribution in [3.63, 3.8) is 0 Å². The van der Waals surface area contributed by atoms with Crippen LogP contribution in [-0.4, -0.2) is 50.8 Å². The van der Waals surface area contributed by atoms with E-state index in [1.807, 2.05) is 6.92 Å². The molecule has 0 aromatic heterocycles. The van der Waals surface area contributed by atoms with Gasteiger partial charge in [-0.25, -0.2) is 0 Å². The van der Waals surface area contributed by atoms with Crippen molar-refractivity contribution < 1.29 is 4.74 Å². The van der Waals surface area contributed by atoms with E-state index in [9.17, 15) is 0 Å². The predicted molar refractivity (Wildman–Crippen MR) is 79.4 cm³/mol. The van der Waals surface area contributed by atoms with Crippen LogP contribution in [0.25, 0.3) is 0 Å². The Morgan fingerprint density at radius 1 is 1.37 bits per heavy atom. The summed E-state index contributed by atoms with van der Waals surface area (Å²) in [5, 5.41) is 0. The summed E-state index contributed by atoms with van der Waals surface area (Å²) in [6.07, 6.45) is 0.162. The highest BCUT2D eigenvalue weighted by Gasteiger charge is 2.23. The molecular formula is C15H25N3O. The van der Waals surface area contributed by atoms with Crippen LogP contribution < -0.4 is 10.6 Å². The Morgan fingerprint density at radius 3 is 2.63 bits per heavy atom. The Bertz CT molecular complexity index is 389. The highest BCUT2D eigenvalue weighted by molar-refractivity contribution is 5.45. The van der Waals surface area contributed by atoms with E-state index in [0.717, 1.165) is 26.2 Å². The molecule has 1 aromatic rings. The van der Waals surface area contributed by atoms with Gasteiger partial charge >= 0.3 is 0 Å². The third-order valence-electron chi connectivity index (χ3n) is 3.62. The molecule has 106 valence electrons. The number of rotatable bonds is 4. The summed E-state index contributed by atoms with van der Waals surface area (Å²) in [5.41, 5.74) is 8.50. The molecule has 0 bridgehead atoms. The molecule has 0 amide bonds. The summed E-state index contributed by atoms with van der Waals surface area (Å²) in [6, 6.07) is 8.83. The fourth-order valence-corrected chi connectivity index (χ4v) is 2.35. The third kappa shape index (κ3) is 3.93. The molecule has 0 spiro atoms. The Balaban J connectivity index is 1.93. The first-order chi connectivity index (χ1) is 9.06. The number of morpholine rings is 1. The lowest BCUT2D eigenvalue weighted by Crippen LogP contribution is -2.49. The van der Waals surface area contributed by atoms with E-state index in [2.05, 4.69) is 48.2 Å². The molecule has 2 N–H and O–H groups in total. The fraction of sp³-hybridized carbons (Fsp3) is 0.600. The lowest BCUT2D eigenvalue weighted by Gasteiger charge is -2.34. The quantitative estimate of drug-likeness (QED) is 0.889. The second kappa shape index (κ2) is 6.37. The lowest BCUT2D eigenvalue weighted by molar-refractivity contribution is -0.0403. The lowest BCUT2D eigenvalue weighted by atomic mass is 10.1. The Hall–Kier alpha value is -1.10. The molecule has 0 aliphatic carbocycles. The average molecular weight is 263 g/mol. The highest BCUT2D eigenvalue weighted by Crippen LogP contribution is 2.16. The second-order valence-electron chi connectivity index (χ2n) is 5.56. The van der Waals surface area contributed by atoms with Gasteiger partial charge in [-0.15, -0.1) is 0 Å². The minimum absolute atomic E-state index is 0.0962. The van der Waals surface area contributed by atoms with Crippen LogP contribution in [0.5, 0.6) is 0 Å². The third-order valence-corrected chi connectivity index (χ3v) is 3.62. The number of nitrogens with zero attached hydrogens (tertiary/aromatic N) is 2. The Morgan fingerprint density at radius 2 is 2.05 bits per heavy atom. The minimum atomic E-state index is 0.0962. The van der Waals surface area contributed by atoms with Crippen LogP contribution in [0.2, 0.25) is 0 Å². The van der Waals surface area contributed by atoms with Crippen LogP contribution in [-0.2, 0) is 11.3 Å². The maximum absolute atomic E-state index is 5.92. The standard InChI is InChI=1S/C15H25N3O/c1-12(16)15-11-18(8-9-19-15)10-13-4-6-14(7-5-13)17(2)3/h4-7,12,15H,8-11,16H2,1-3H3. The largest absolute Gasteiger partial charge is 0.378 e. The first kappa shape index (κ1) is 14.3. The first-order valence-corrected chi connectivity index (χ1v) is 6.92. The Kier molecular flexibility index (Phi) is 4.80. The zero-order valence-corrected chi connectivity index (χ0v) is 12.2. The van der Waals surface area contributed by atoms with Crippen molar-refractivity contribution in [2.45, 2.75) is 25.6 Å². The normalized spacial score (nSPS) is 22.2. The van der Waals surface area contributed by atoms with E-state index in [1.165, 1.54) is 11.3 Å². The van der Waals surface area contributed by atoms with Crippen LogP contribution in [0.1, 0.15) is 12.5 Å². The van der Waals surface area contributed by atoms with Gasteiger partial charge in [0, 0.05) is 45.5 Å². The van der Waals surface area contributed by atoms with Crippen molar-refractivity contribution in [2.75, 3.05) is 38.7 Å². The molecule has 2 rings (SSSR count). The monoisotopic (exact) mass is 263 g/mol. The van der Waals surface area contributed by atoms with Gasteiger partial charge in [-0.3, -0.25) is 4.90 Å². The van der Waals surface area contributed by atoms with Crippen molar-refractivity contribution in [1.29, 1.82) is 0 Å². The molecule has 1 aromatic carbocycles. The van der Waals surface area contributed by atoms with Gasteiger partial charge < -0.3 is 15.4 Å². The maximum atomic E-state index is 5.92. The van der Waals surface area contributed by atoms with Gasteiger partial charge in [0.15, 0.2) is 0 Å². The van der Waals surface area contributed by atoms with Gasteiger partial charge in [-0.2, -0.15) is 0 Å². The van der Waals surface area contributed by atoms with E-state index < -0.39 is 0 Å². The van der Waals surface area contributed by atoms with Gasteiger partial charge in [0.1, 0.15) is 0 Å². The fourth-order valence-electron chi connectivity index (χ4n) is 2.35. The van der Waals surface area contributed by atoms with E-state index in [1.54, 1.807) is 0 Å². The van der Waals surface area contributed by atoms with Gasteiger partial charge in [0.2, 0.25) is 0 Å². The van der Waals surface area contributed by atoms with Gasteiger partial charge in [0.05, 0.1) is 12.7 Å². The summed E-state index contributed by atoms with van der Waals surface area (Å²) in [5.74, 6) is 0. The smallest absolute Gasteiger partial charge is 0.0850 e. The SMILES string of the molecule is CC(N)C1CN(Cc2ccc(N(C)C)cc2)CCO1. The van der Waals surface area contributed by atoms with Crippen LogP contribution >= 0.6 is 0 Å². The van der Waals surface area contributed by atoms with Crippen molar-refractivity contribution >= 4 is 5.69 Å². The average Bonchev–Trinajstić information content (AvgIpc) is 2.39. The molecule has 1 heterocycles. The van der Waals surface area contributed by atoms with E-state index in [4.69, 9.17) is 10.5 Å². The van der Waals surface area contributed by atoms with E-state index >= 15 is 0 Å². The molecule has 4 nitrogen and oxygen atoms in total. The van der Waals surface area contributed by atoms with Gasteiger partial charge in [-0.05, 0) is 24.6 Å². The van der Waals surface area contributed by atoms with Crippen LogP contribution in [0.3, 0.4) is 0 Å². The second-order valence-corrected chi connectivity index (χ2v) is 5.56. The maximum Gasteiger partial charge on any atom is 0.0850 e. The molecule has 1 aliphatic rings. The Labute approximate surface area is 116 Å². The summed E-state index contributed by atoms with van der Waals surface area (Å²) in [4.78, 5) is 4.53. The van der Waals surface area contributed by atoms with Crippen LogP contribution in [0, 0.1) is 0 Å². The van der Waals surface area contributed by atoms with Crippen molar-refractivity contribution in [1.82, 2.24) is 4.90 Å².